The Morgan fingerprint density at radius 1 is 1.10 bits per heavy atom. The van der Waals surface area contributed by atoms with Gasteiger partial charge in [-0.3, -0.25) is 9.59 Å². The molecule has 0 aromatic heterocycles. The molecular formula is C24H29N3O3. The summed E-state index contributed by atoms with van der Waals surface area (Å²) in [6, 6.07) is 11.5. The lowest BCUT2D eigenvalue weighted by atomic mass is 10.0. The van der Waals surface area contributed by atoms with Crippen LogP contribution in [0.5, 0.6) is 5.75 Å². The Kier molecular flexibility index (Phi) is 5.41. The number of carbonyl (C=O) groups excluding carboxylic acids is 2. The van der Waals surface area contributed by atoms with Gasteiger partial charge in [-0.25, -0.2) is 0 Å². The van der Waals surface area contributed by atoms with Crippen LogP contribution in [0.15, 0.2) is 36.4 Å². The minimum Gasteiger partial charge on any atom is -0.490 e. The van der Waals surface area contributed by atoms with E-state index in [0.717, 1.165) is 35.4 Å². The molecule has 0 radical (unpaired) electrons. The van der Waals surface area contributed by atoms with Gasteiger partial charge >= 0.3 is 0 Å². The van der Waals surface area contributed by atoms with Crippen LogP contribution in [0.2, 0.25) is 0 Å². The van der Waals surface area contributed by atoms with E-state index in [0.29, 0.717) is 24.3 Å². The Balaban J connectivity index is 1.41. The number of para-hydroxylation sites is 1. The van der Waals surface area contributed by atoms with Crippen LogP contribution in [0, 0.1) is 13.8 Å². The number of rotatable bonds is 3. The third kappa shape index (κ3) is 3.74. The molecule has 2 aromatic carbocycles. The molecule has 2 heterocycles. The third-order valence-electron chi connectivity index (χ3n) is 6.26. The van der Waals surface area contributed by atoms with E-state index >= 15 is 0 Å². The first kappa shape index (κ1) is 20.3. The van der Waals surface area contributed by atoms with E-state index in [2.05, 4.69) is 31.3 Å². The van der Waals surface area contributed by atoms with Gasteiger partial charge in [-0.15, -0.1) is 0 Å². The molecule has 0 bridgehead atoms. The van der Waals surface area contributed by atoms with Crippen LogP contribution in [0.3, 0.4) is 0 Å². The number of aryl methyl sites for hydroxylation is 2. The van der Waals surface area contributed by atoms with E-state index in [9.17, 15) is 9.59 Å². The van der Waals surface area contributed by atoms with Gasteiger partial charge in [0, 0.05) is 38.5 Å². The molecule has 6 heteroatoms. The zero-order valence-electron chi connectivity index (χ0n) is 18.1. The number of ether oxygens (including phenoxy) is 1. The zero-order chi connectivity index (χ0) is 21.4. The third-order valence-corrected chi connectivity index (χ3v) is 6.26. The highest BCUT2D eigenvalue weighted by Gasteiger charge is 2.29. The summed E-state index contributed by atoms with van der Waals surface area (Å²) < 4.78 is 6.27. The van der Waals surface area contributed by atoms with E-state index in [1.165, 1.54) is 0 Å². The van der Waals surface area contributed by atoms with Gasteiger partial charge in [0.1, 0.15) is 17.9 Å². The van der Waals surface area contributed by atoms with Gasteiger partial charge < -0.3 is 19.9 Å². The number of likely N-dealkylation sites (N-methyl/N-ethyl adjacent to an activating group) is 1. The van der Waals surface area contributed by atoms with Crippen LogP contribution in [-0.4, -0.2) is 49.0 Å². The lowest BCUT2D eigenvalue weighted by Crippen LogP contribution is -2.44. The van der Waals surface area contributed by atoms with E-state index in [1.807, 2.05) is 42.0 Å². The number of anilines is 2. The minimum absolute atomic E-state index is 0.00107. The quantitative estimate of drug-likeness (QED) is 0.842. The number of nitrogens with zero attached hydrogens (tertiary/aromatic N) is 2. The normalized spacial score (nSPS) is 19.3. The van der Waals surface area contributed by atoms with E-state index in [4.69, 9.17) is 4.74 Å². The first-order valence-corrected chi connectivity index (χ1v) is 10.5. The van der Waals surface area contributed by atoms with Crippen LogP contribution in [0.1, 0.15) is 41.3 Å². The van der Waals surface area contributed by atoms with Crippen molar-refractivity contribution in [2.75, 3.05) is 30.4 Å². The van der Waals surface area contributed by atoms with Crippen molar-refractivity contribution in [3.05, 3.63) is 53.1 Å². The molecule has 1 atom stereocenters. The van der Waals surface area contributed by atoms with E-state index in [-0.39, 0.29) is 24.0 Å². The molecule has 30 heavy (non-hydrogen) atoms. The van der Waals surface area contributed by atoms with Crippen LogP contribution in [0.25, 0.3) is 0 Å². The van der Waals surface area contributed by atoms with Gasteiger partial charge in [-0.1, -0.05) is 18.2 Å². The number of carbonyl (C=O) groups is 2. The summed E-state index contributed by atoms with van der Waals surface area (Å²) in [6.07, 6.45) is 1.73. The molecule has 2 aliphatic heterocycles. The minimum atomic E-state index is -0.227. The standard InChI is InChI=1S/C24H29N3O3/c1-15-6-5-7-16(2)22(15)30-19-10-12-27(13-11-19)24(29)18-8-9-21-20(14-18)25-23(28)17(3)26(21)4/h5-9,14,17,19H,10-13H2,1-4H3,(H,25,28)/t17-/m1/s1. The van der Waals surface area contributed by atoms with E-state index < -0.39 is 0 Å². The Labute approximate surface area is 177 Å². The number of amides is 2. The molecule has 4 rings (SSSR count). The molecule has 2 aromatic rings. The van der Waals surface area contributed by atoms with Crippen molar-refractivity contribution in [3.8, 4) is 5.75 Å². The second kappa shape index (κ2) is 8.01. The van der Waals surface area contributed by atoms with Crippen molar-refractivity contribution in [1.82, 2.24) is 4.90 Å². The molecule has 1 fully saturated rings. The Hall–Kier alpha value is -3.02. The number of hydrogen-bond acceptors (Lipinski definition) is 4. The van der Waals surface area contributed by atoms with Crippen molar-refractivity contribution in [1.29, 1.82) is 0 Å². The topological polar surface area (TPSA) is 61.9 Å². The van der Waals surface area contributed by atoms with Gasteiger partial charge in [-0.05, 0) is 50.1 Å². The Morgan fingerprint density at radius 2 is 1.77 bits per heavy atom. The largest absolute Gasteiger partial charge is 0.490 e. The first-order valence-electron chi connectivity index (χ1n) is 10.5. The van der Waals surface area contributed by atoms with Crippen molar-refractivity contribution >= 4 is 23.2 Å². The van der Waals surface area contributed by atoms with Crippen molar-refractivity contribution in [2.45, 2.75) is 45.8 Å². The highest BCUT2D eigenvalue weighted by Crippen LogP contribution is 2.32. The van der Waals surface area contributed by atoms with E-state index in [1.54, 1.807) is 6.07 Å². The molecule has 0 unspecified atom stereocenters. The molecule has 2 aliphatic rings. The molecule has 2 amide bonds. The maximum Gasteiger partial charge on any atom is 0.253 e. The number of benzene rings is 2. The molecule has 158 valence electrons. The number of likely N-dealkylation sites (tertiary alicyclic amines) is 1. The number of fused-ring (bicyclic) bond motifs is 1. The maximum atomic E-state index is 13.0. The smallest absolute Gasteiger partial charge is 0.253 e. The predicted octanol–water partition coefficient (Wildman–Crippen LogP) is 3.76. The second-order valence-electron chi connectivity index (χ2n) is 8.34. The molecule has 6 nitrogen and oxygen atoms in total. The summed E-state index contributed by atoms with van der Waals surface area (Å²) in [5, 5.41) is 2.91. The SMILES string of the molecule is Cc1cccc(C)c1OC1CCN(C(=O)c2ccc3c(c2)NC(=O)[C@@H](C)N3C)CC1. The fourth-order valence-corrected chi connectivity index (χ4v) is 4.21. The zero-order valence-corrected chi connectivity index (χ0v) is 18.1. The van der Waals surface area contributed by atoms with Crippen molar-refractivity contribution < 1.29 is 14.3 Å². The lowest BCUT2D eigenvalue weighted by molar-refractivity contribution is -0.117. The number of nitrogens with one attached hydrogen (secondary N) is 1. The average Bonchev–Trinajstić information content (AvgIpc) is 2.74. The number of piperidine rings is 1. The van der Waals surface area contributed by atoms with Crippen molar-refractivity contribution in [2.24, 2.45) is 0 Å². The number of hydrogen-bond donors (Lipinski definition) is 1. The van der Waals surface area contributed by atoms with Gasteiger partial charge in [0.25, 0.3) is 5.91 Å². The van der Waals surface area contributed by atoms with Gasteiger partial charge in [0.15, 0.2) is 0 Å². The lowest BCUT2D eigenvalue weighted by Gasteiger charge is -2.34. The summed E-state index contributed by atoms with van der Waals surface area (Å²) >= 11 is 0. The summed E-state index contributed by atoms with van der Waals surface area (Å²) in [7, 11) is 1.89. The average molecular weight is 408 g/mol. The molecule has 1 N–H and O–H groups in total. The van der Waals surface area contributed by atoms with Crippen LogP contribution in [-0.2, 0) is 4.79 Å². The summed E-state index contributed by atoms with van der Waals surface area (Å²) in [6.45, 7) is 7.31. The summed E-state index contributed by atoms with van der Waals surface area (Å²) in [4.78, 5) is 29.0. The summed E-state index contributed by atoms with van der Waals surface area (Å²) in [5.41, 5.74) is 4.51. The first-order chi connectivity index (χ1) is 14.3. The highest BCUT2D eigenvalue weighted by molar-refractivity contribution is 6.05. The molecule has 0 aliphatic carbocycles. The van der Waals surface area contributed by atoms with Gasteiger partial charge in [0.2, 0.25) is 5.91 Å². The highest BCUT2D eigenvalue weighted by atomic mass is 16.5. The monoisotopic (exact) mass is 407 g/mol. The molecular weight excluding hydrogens is 378 g/mol. The van der Waals surface area contributed by atoms with Crippen molar-refractivity contribution in [3.63, 3.8) is 0 Å². The van der Waals surface area contributed by atoms with Gasteiger partial charge in [0.05, 0.1) is 11.4 Å². The van der Waals surface area contributed by atoms with Crippen LogP contribution in [0.4, 0.5) is 11.4 Å². The Morgan fingerprint density at radius 3 is 2.43 bits per heavy atom. The maximum absolute atomic E-state index is 13.0. The fourth-order valence-electron chi connectivity index (χ4n) is 4.21. The molecule has 0 spiro atoms. The Bertz CT molecular complexity index is 959. The fraction of sp³-hybridized carbons (Fsp3) is 0.417. The second-order valence-corrected chi connectivity index (χ2v) is 8.34. The predicted molar refractivity (Wildman–Crippen MR) is 118 cm³/mol. The van der Waals surface area contributed by atoms with Crippen LogP contribution < -0.4 is 15.0 Å². The van der Waals surface area contributed by atoms with Gasteiger partial charge in [-0.2, -0.15) is 0 Å². The van der Waals surface area contributed by atoms with Crippen LogP contribution >= 0.6 is 0 Å². The summed E-state index contributed by atoms with van der Waals surface area (Å²) in [5.74, 6) is 0.906. The molecule has 1 saturated heterocycles. The molecule has 0 saturated carbocycles.